The van der Waals surface area contributed by atoms with Gasteiger partial charge in [0.1, 0.15) is 5.82 Å². The molecular formula is C19H22N4O3. The highest BCUT2D eigenvalue weighted by Crippen LogP contribution is 2.26. The summed E-state index contributed by atoms with van der Waals surface area (Å²) in [5, 5.41) is 9.76. The Balaban J connectivity index is 1.66. The Morgan fingerprint density at radius 3 is 2.35 bits per heavy atom. The Labute approximate surface area is 151 Å². The molecule has 0 unspecified atom stereocenters. The van der Waals surface area contributed by atoms with E-state index in [9.17, 15) is 14.4 Å². The number of Topliss-reactive ketones (excluding diaryl/α,β-unsaturated/α-hetero) is 1. The van der Waals surface area contributed by atoms with Crippen molar-refractivity contribution in [1.82, 2.24) is 9.78 Å². The minimum atomic E-state index is -0.377. The number of aromatic nitrogens is 2. The van der Waals surface area contributed by atoms with Gasteiger partial charge >= 0.3 is 0 Å². The standard InChI is InChI=1S/C19H22N4O3/c1-12(24)13-7-9-15(10-8-13)20-19(26)16-11-17(23(2)22-16)21-18(25)14-5-3-4-6-14/h7-11,14H,3-6H2,1-2H3,(H,20,26)(H,21,25). The SMILES string of the molecule is CC(=O)c1ccc(NC(=O)c2cc(NC(=O)C3CCCC3)n(C)n2)cc1. The van der Waals surface area contributed by atoms with Gasteiger partial charge in [0.15, 0.2) is 11.5 Å². The largest absolute Gasteiger partial charge is 0.321 e. The predicted molar refractivity (Wildman–Crippen MR) is 98.2 cm³/mol. The van der Waals surface area contributed by atoms with E-state index < -0.39 is 0 Å². The predicted octanol–water partition coefficient (Wildman–Crippen LogP) is 3.00. The van der Waals surface area contributed by atoms with Gasteiger partial charge in [-0.2, -0.15) is 5.10 Å². The van der Waals surface area contributed by atoms with Crippen LogP contribution in [0.3, 0.4) is 0 Å². The highest BCUT2D eigenvalue weighted by atomic mass is 16.2. The minimum Gasteiger partial charge on any atom is -0.321 e. The Bertz CT molecular complexity index is 833. The van der Waals surface area contributed by atoms with Crippen molar-refractivity contribution in [3.05, 3.63) is 41.6 Å². The lowest BCUT2D eigenvalue weighted by Crippen LogP contribution is -2.21. The number of hydrogen-bond donors (Lipinski definition) is 2. The highest BCUT2D eigenvalue weighted by molar-refractivity contribution is 6.04. The summed E-state index contributed by atoms with van der Waals surface area (Å²) in [4.78, 5) is 35.9. The van der Waals surface area contributed by atoms with Crippen molar-refractivity contribution in [1.29, 1.82) is 0 Å². The molecule has 1 saturated carbocycles. The fourth-order valence-electron chi connectivity index (χ4n) is 3.09. The van der Waals surface area contributed by atoms with Crippen LogP contribution in [-0.2, 0) is 11.8 Å². The van der Waals surface area contributed by atoms with Gasteiger partial charge in [0.05, 0.1) is 0 Å². The van der Waals surface area contributed by atoms with Crippen molar-refractivity contribution in [3.63, 3.8) is 0 Å². The third-order valence-electron chi connectivity index (χ3n) is 4.64. The number of anilines is 2. The average Bonchev–Trinajstić information content (AvgIpc) is 3.26. The van der Waals surface area contributed by atoms with Crippen LogP contribution in [0.5, 0.6) is 0 Å². The van der Waals surface area contributed by atoms with Gasteiger partial charge < -0.3 is 10.6 Å². The zero-order valence-electron chi connectivity index (χ0n) is 14.9. The molecule has 3 rings (SSSR count). The molecule has 2 amide bonds. The summed E-state index contributed by atoms with van der Waals surface area (Å²) in [6.45, 7) is 1.49. The van der Waals surface area contributed by atoms with E-state index >= 15 is 0 Å². The lowest BCUT2D eigenvalue weighted by molar-refractivity contribution is -0.119. The van der Waals surface area contributed by atoms with Crippen LogP contribution in [0, 0.1) is 5.92 Å². The van der Waals surface area contributed by atoms with Crippen molar-refractivity contribution in [3.8, 4) is 0 Å². The number of benzene rings is 1. The van der Waals surface area contributed by atoms with Crippen molar-refractivity contribution < 1.29 is 14.4 Å². The summed E-state index contributed by atoms with van der Waals surface area (Å²) in [5.41, 5.74) is 1.37. The number of carbonyl (C=O) groups is 3. The molecule has 0 radical (unpaired) electrons. The van der Waals surface area contributed by atoms with E-state index in [2.05, 4.69) is 15.7 Å². The van der Waals surface area contributed by atoms with E-state index in [1.807, 2.05) is 0 Å². The van der Waals surface area contributed by atoms with Gasteiger partial charge in [0, 0.05) is 30.3 Å². The lowest BCUT2D eigenvalue weighted by Gasteiger charge is -2.09. The molecule has 1 heterocycles. The zero-order valence-corrected chi connectivity index (χ0v) is 14.9. The maximum atomic E-state index is 12.4. The number of aryl methyl sites for hydroxylation is 1. The van der Waals surface area contributed by atoms with Crippen LogP contribution in [0.2, 0.25) is 0 Å². The fraction of sp³-hybridized carbons (Fsp3) is 0.368. The smallest absolute Gasteiger partial charge is 0.276 e. The van der Waals surface area contributed by atoms with Crippen LogP contribution in [0.4, 0.5) is 11.5 Å². The maximum absolute atomic E-state index is 12.4. The van der Waals surface area contributed by atoms with Crippen LogP contribution < -0.4 is 10.6 Å². The minimum absolute atomic E-state index is 0.0164. The van der Waals surface area contributed by atoms with Gasteiger partial charge in [-0.05, 0) is 44.0 Å². The summed E-state index contributed by atoms with van der Waals surface area (Å²) in [6.07, 6.45) is 3.99. The Morgan fingerprint density at radius 1 is 1.08 bits per heavy atom. The van der Waals surface area contributed by atoms with E-state index in [1.54, 1.807) is 37.4 Å². The second-order valence-electron chi connectivity index (χ2n) is 6.60. The van der Waals surface area contributed by atoms with Crippen molar-refractivity contribution in [2.75, 3.05) is 10.6 Å². The van der Waals surface area contributed by atoms with Gasteiger partial charge in [0.2, 0.25) is 5.91 Å². The number of nitrogens with zero attached hydrogens (tertiary/aromatic N) is 2. The molecule has 0 atom stereocenters. The Kier molecular flexibility index (Phi) is 5.16. The number of hydrogen-bond acceptors (Lipinski definition) is 4. The molecule has 7 heteroatoms. The highest BCUT2D eigenvalue weighted by Gasteiger charge is 2.24. The summed E-state index contributed by atoms with van der Waals surface area (Å²) in [7, 11) is 1.68. The monoisotopic (exact) mass is 354 g/mol. The average molecular weight is 354 g/mol. The lowest BCUT2D eigenvalue weighted by atomic mass is 10.1. The summed E-state index contributed by atoms with van der Waals surface area (Å²) in [5.74, 6) is 0.117. The van der Waals surface area contributed by atoms with Crippen molar-refractivity contribution >= 4 is 29.1 Å². The first-order chi connectivity index (χ1) is 12.4. The van der Waals surface area contributed by atoms with Crippen LogP contribution in [0.15, 0.2) is 30.3 Å². The van der Waals surface area contributed by atoms with Crippen LogP contribution in [0.1, 0.15) is 53.5 Å². The summed E-state index contributed by atoms with van der Waals surface area (Å²) in [6, 6.07) is 8.21. The molecule has 26 heavy (non-hydrogen) atoms. The number of nitrogens with one attached hydrogen (secondary N) is 2. The van der Waals surface area contributed by atoms with E-state index in [0.29, 0.717) is 17.1 Å². The van der Waals surface area contributed by atoms with Crippen LogP contribution >= 0.6 is 0 Å². The molecule has 2 aromatic rings. The second kappa shape index (κ2) is 7.51. The van der Waals surface area contributed by atoms with Gasteiger partial charge in [-0.1, -0.05) is 12.8 Å². The molecule has 1 fully saturated rings. The Morgan fingerprint density at radius 2 is 1.73 bits per heavy atom. The normalized spacial score (nSPS) is 14.2. The first-order valence-electron chi connectivity index (χ1n) is 8.71. The molecule has 2 N–H and O–H groups in total. The molecule has 1 aliphatic rings. The number of rotatable bonds is 5. The molecule has 1 aromatic heterocycles. The van der Waals surface area contributed by atoms with E-state index in [1.165, 1.54) is 11.6 Å². The van der Waals surface area contributed by atoms with Gasteiger partial charge in [0.25, 0.3) is 5.91 Å². The van der Waals surface area contributed by atoms with E-state index in [0.717, 1.165) is 25.7 Å². The van der Waals surface area contributed by atoms with Crippen LogP contribution in [-0.4, -0.2) is 27.4 Å². The molecule has 0 bridgehead atoms. The first kappa shape index (κ1) is 17.8. The topological polar surface area (TPSA) is 93.1 Å². The van der Waals surface area contributed by atoms with Gasteiger partial charge in [-0.25, -0.2) is 0 Å². The summed E-state index contributed by atoms with van der Waals surface area (Å²) >= 11 is 0. The first-order valence-corrected chi connectivity index (χ1v) is 8.71. The second-order valence-corrected chi connectivity index (χ2v) is 6.60. The molecular weight excluding hydrogens is 332 g/mol. The quantitative estimate of drug-likeness (QED) is 0.807. The maximum Gasteiger partial charge on any atom is 0.276 e. The van der Waals surface area contributed by atoms with Gasteiger partial charge in [-0.15, -0.1) is 0 Å². The molecule has 1 aromatic carbocycles. The molecule has 0 spiro atoms. The Hall–Kier alpha value is -2.96. The number of amides is 2. The van der Waals surface area contributed by atoms with Crippen LogP contribution in [0.25, 0.3) is 0 Å². The van der Waals surface area contributed by atoms with Crippen molar-refractivity contribution in [2.45, 2.75) is 32.6 Å². The molecule has 1 aliphatic carbocycles. The van der Waals surface area contributed by atoms with Gasteiger partial charge in [-0.3, -0.25) is 19.1 Å². The van der Waals surface area contributed by atoms with E-state index in [-0.39, 0.29) is 29.2 Å². The molecule has 7 nitrogen and oxygen atoms in total. The zero-order chi connectivity index (χ0) is 18.7. The molecule has 136 valence electrons. The number of carbonyl (C=O) groups excluding carboxylic acids is 3. The molecule has 0 aliphatic heterocycles. The third kappa shape index (κ3) is 3.99. The molecule has 0 saturated heterocycles. The fourth-order valence-corrected chi connectivity index (χ4v) is 3.09. The van der Waals surface area contributed by atoms with Crippen molar-refractivity contribution in [2.24, 2.45) is 13.0 Å². The third-order valence-corrected chi connectivity index (χ3v) is 4.64. The number of ketones is 1. The van der Waals surface area contributed by atoms with E-state index in [4.69, 9.17) is 0 Å². The summed E-state index contributed by atoms with van der Waals surface area (Å²) < 4.78 is 1.49.